The SMILES string of the molecule is Cc1ccc(NC(=S)N(CCN(C)C)Cc2cc3ccc(C)cc3[nH]c2=O)c(C)c1. The molecule has 0 fully saturated rings. The van der Waals surface area contributed by atoms with Crippen LogP contribution in [0.1, 0.15) is 22.3 Å². The Labute approximate surface area is 183 Å². The van der Waals surface area contributed by atoms with Gasteiger partial charge in [0, 0.05) is 29.9 Å². The number of nitrogens with one attached hydrogen (secondary N) is 2. The van der Waals surface area contributed by atoms with Crippen LogP contribution in [0.5, 0.6) is 0 Å². The minimum absolute atomic E-state index is 0.0720. The van der Waals surface area contributed by atoms with Gasteiger partial charge in [-0.1, -0.05) is 29.8 Å². The van der Waals surface area contributed by atoms with Crippen LogP contribution in [0.2, 0.25) is 0 Å². The summed E-state index contributed by atoms with van der Waals surface area (Å²) < 4.78 is 0. The van der Waals surface area contributed by atoms with Gasteiger partial charge >= 0.3 is 0 Å². The van der Waals surface area contributed by atoms with E-state index in [9.17, 15) is 4.79 Å². The first-order valence-corrected chi connectivity index (χ1v) is 10.5. The van der Waals surface area contributed by atoms with E-state index in [4.69, 9.17) is 12.2 Å². The van der Waals surface area contributed by atoms with Gasteiger partial charge in [0.2, 0.25) is 0 Å². The molecule has 1 heterocycles. The zero-order valence-corrected chi connectivity index (χ0v) is 19.2. The molecule has 0 amide bonds. The monoisotopic (exact) mass is 422 g/mol. The van der Waals surface area contributed by atoms with Gasteiger partial charge in [0.05, 0.1) is 6.54 Å². The first-order chi connectivity index (χ1) is 14.2. The fourth-order valence-corrected chi connectivity index (χ4v) is 3.67. The van der Waals surface area contributed by atoms with Crippen LogP contribution in [-0.2, 0) is 6.54 Å². The lowest BCUT2D eigenvalue weighted by Gasteiger charge is -2.27. The highest BCUT2D eigenvalue weighted by molar-refractivity contribution is 7.80. The van der Waals surface area contributed by atoms with Crippen LogP contribution >= 0.6 is 12.2 Å². The third-order valence-electron chi connectivity index (χ3n) is 5.17. The number of aromatic nitrogens is 1. The van der Waals surface area contributed by atoms with Crippen LogP contribution < -0.4 is 10.9 Å². The number of aryl methyl sites for hydroxylation is 3. The van der Waals surface area contributed by atoms with E-state index in [2.05, 4.69) is 52.1 Å². The Kier molecular flexibility index (Phi) is 6.90. The van der Waals surface area contributed by atoms with Gasteiger partial charge in [0.15, 0.2) is 5.11 Å². The van der Waals surface area contributed by atoms with Crippen molar-refractivity contribution in [1.29, 1.82) is 0 Å². The first kappa shape index (κ1) is 22.0. The summed E-state index contributed by atoms with van der Waals surface area (Å²) >= 11 is 5.74. The van der Waals surface area contributed by atoms with Crippen molar-refractivity contribution in [3.63, 3.8) is 0 Å². The van der Waals surface area contributed by atoms with E-state index in [-0.39, 0.29) is 5.56 Å². The normalized spacial score (nSPS) is 11.1. The second-order valence-electron chi connectivity index (χ2n) is 8.19. The van der Waals surface area contributed by atoms with Crippen LogP contribution in [-0.4, -0.2) is 47.1 Å². The molecule has 0 atom stereocenters. The molecule has 158 valence electrons. The maximum absolute atomic E-state index is 12.7. The molecular weight excluding hydrogens is 392 g/mol. The summed E-state index contributed by atoms with van der Waals surface area (Å²) in [6.07, 6.45) is 0. The predicted molar refractivity (Wildman–Crippen MR) is 130 cm³/mol. The average Bonchev–Trinajstić information content (AvgIpc) is 2.67. The van der Waals surface area contributed by atoms with Crippen molar-refractivity contribution >= 4 is 33.9 Å². The molecule has 0 aliphatic heterocycles. The standard InChI is InChI=1S/C24H30N4OS/c1-16-7-9-21(18(3)12-16)26-24(30)28(11-10-27(4)5)15-20-14-19-8-6-17(2)13-22(19)25-23(20)29/h6-9,12-14H,10-11,15H2,1-5H3,(H,25,29)(H,26,30). The number of likely N-dealkylation sites (N-methyl/N-ethyl adjacent to an activating group) is 1. The molecular formula is C24H30N4OS. The number of anilines is 1. The maximum Gasteiger partial charge on any atom is 0.253 e. The quantitative estimate of drug-likeness (QED) is 0.583. The van der Waals surface area contributed by atoms with Crippen LogP contribution in [0.15, 0.2) is 47.3 Å². The van der Waals surface area contributed by atoms with E-state index in [1.165, 1.54) is 5.56 Å². The van der Waals surface area contributed by atoms with Crippen molar-refractivity contribution in [2.24, 2.45) is 0 Å². The Morgan fingerprint density at radius 1 is 1.00 bits per heavy atom. The lowest BCUT2D eigenvalue weighted by atomic mass is 10.1. The van der Waals surface area contributed by atoms with Gasteiger partial charge < -0.3 is 20.1 Å². The lowest BCUT2D eigenvalue weighted by molar-refractivity contribution is 0.327. The Bertz CT molecular complexity index is 1120. The molecule has 0 radical (unpaired) electrons. The highest BCUT2D eigenvalue weighted by atomic mass is 32.1. The Morgan fingerprint density at radius 3 is 2.40 bits per heavy atom. The Balaban J connectivity index is 1.87. The summed E-state index contributed by atoms with van der Waals surface area (Å²) in [6.45, 7) is 8.16. The van der Waals surface area contributed by atoms with Crippen molar-refractivity contribution in [1.82, 2.24) is 14.8 Å². The predicted octanol–water partition coefficient (Wildman–Crippen LogP) is 4.21. The largest absolute Gasteiger partial charge is 0.343 e. The molecule has 1 aromatic heterocycles. The molecule has 0 spiro atoms. The molecule has 2 N–H and O–H groups in total. The molecule has 0 unspecified atom stereocenters. The molecule has 3 rings (SSSR count). The highest BCUT2D eigenvalue weighted by Gasteiger charge is 2.15. The number of fused-ring (bicyclic) bond motifs is 1. The van der Waals surface area contributed by atoms with Gasteiger partial charge in [-0.15, -0.1) is 0 Å². The van der Waals surface area contributed by atoms with Crippen LogP contribution in [0, 0.1) is 20.8 Å². The van der Waals surface area contributed by atoms with E-state index in [0.717, 1.165) is 40.8 Å². The molecule has 6 heteroatoms. The molecule has 0 bridgehead atoms. The van der Waals surface area contributed by atoms with Crippen molar-refractivity contribution < 1.29 is 0 Å². The summed E-state index contributed by atoms with van der Waals surface area (Å²) in [5.41, 5.74) is 5.96. The number of hydrogen-bond acceptors (Lipinski definition) is 3. The molecule has 2 aromatic carbocycles. The summed E-state index contributed by atoms with van der Waals surface area (Å²) in [4.78, 5) is 19.9. The van der Waals surface area contributed by atoms with Crippen LogP contribution in [0.3, 0.4) is 0 Å². The molecule has 0 saturated carbocycles. The van der Waals surface area contributed by atoms with Crippen LogP contribution in [0.25, 0.3) is 10.9 Å². The number of pyridine rings is 1. The topological polar surface area (TPSA) is 51.4 Å². The van der Waals surface area contributed by atoms with E-state index < -0.39 is 0 Å². The summed E-state index contributed by atoms with van der Waals surface area (Å²) in [5, 5.41) is 5.01. The fourth-order valence-electron chi connectivity index (χ4n) is 3.40. The van der Waals surface area contributed by atoms with Crippen molar-refractivity contribution in [2.45, 2.75) is 27.3 Å². The minimum Gasteiger partial charge on any atom is -0.343 e. The number of hydrogen-bond donors (Lipinski definition) is 2. The third kappa shape index (κ3) is 5.46. The Hall–Kier alpha value is -2.70. The fraction of sp³-hybridized carbons (Fsp3) is 0.333. The summed E-state index contributed by atoms with van der Waals surface area (Å²) in [6, 6.07) is 14.3. The molecule has 5 nitrogen and oxygen atoms in total. The van der Waals surface area contributed by atoms with E-state index in [0.29, 0.717) is 17.2 Å². The maximum atomic E-state index is 12.7. The highest BCUT2D eigenvalue weighted by Crippen LogP contribution is 2.18. The summed E-state index contributed by atoms with van der Waals surface area (Å²) in [7, 11) is 4.06. The summed E-state index contributed by atoms with van der Waals surface area (Å²) in [5.74, 6) is 0. The number of benzene rings is 2. The van der Waals surface area contributed by atoms with E-state index in [1.54, 1.807) is 0 Å². The zero-order chi connectivity index (χ0) is 21.8. The molecule has 30 heavy (non-hydrogen) atoms. The van der Waals surface area contributed by atoms with Crippen molar-refractivity contribution in [3.05, 3.63) is 75.1 Å². The van der Waals surface area contributed by atoms with E-state index in [1.807, 2.05) is 45.3 Å². The van der Waals surface area contributed by atoms with Gasteiger partial charge in [-0.05, 0) is 81.8 Å². The number of aromatic amines is 1. The van der Waals surface area contributed by atoms with Gasteiger partial charge in [-0.2, -0.15) is 0 Å². The third-order valence-corrected chi connectivity index (χ3v) is 5.53. The van der Waals surface area contributed by atoms with E-state index >= 15 is 0 Å². The van der Waals surface area contributed by atoms with Crippen molar-refractivity contribution in [3.8, 4) is 0 Å². The first-order valence-electron chi connectivity index (χ1n) is 10.1. The lowest BCUT2D eigenvalue weighted by Crippen LogP contribution is -2.40. The minimum atomic E-state index is -0.0720. The number of nitrogens with zero attached hydrogens (tertiary/aromatic N) is 2. The average molecular weight is 423 g/mol. The molecule has 3 aromatic rings. The molecule has 0 aliphatic rings. The van der Waals surface area contributed by atoms with Gasteiger partial charge in [0.25, 0.3) is 5.56 Å². The van der Waals surface area contributed by atoms with Crippen molar-refractivity contribution in [2.75, 3.05) is 32.5 Å². The number of rotatable bonds is 6. The number of thiocarbonyl (C=S) groups is 1. The smallest absolute Gasteiger partial charge is 0.253 e. The second kappa shape index (κ2) is 9.41. The molecule has 0 aliphatic carbocycles. The molecule has 0 saturated heterocycles. The number of H-pyrrole nitrogens is 1. The van der Waals surface area contributed by atoms with Gasteiger partial charge in [-0.25, -0.2) is 0 Å². The van der Waals surface area contributed by atoms with Gasteiger partial charge in [0.1, 0.15) is 0 Å². The van der Waals surface area contributed by atoms with Crippen LogP contribution in [0.4, 0.5) is 5.69 Å². The van der Waals surface area contributed by atoms with Gasteiger partial charge in [-0.3, -0.25) is 4.79 Å². The second-order valence-corrected chi connectivity index (χ2v) is 8.57. The zero-order valence-electron chi connectivity index (χ0n) is 18.4. The Morgan fingerprint density at radius 2 is 1.70 bits per heavy atom.